The molecule has 1 aliphatic carbocycles. The minimum Gasteiger partial charge on any atom is -0.476 e. The quantitative estimate of drug-likeness (QED) is 0.497. The smallest absolute Gasteiger partial charge is 0.416 e. The Hall–Kier alpha value is -2.39. The third kappa shape index (κ3) is 7.94. The Kier molecular flexibility index (Phi) is 9.71. The molecule has 2 aromatic rings. The fraction of sp³-hybridized carbons (Fsp3) is 0.455. The van der Waals surface area contributed by atoms with Crippen molar-refractivity contribution in [3.05, 3.63) is 47.1 Å². The molecule has 1 aliphatic rings. The van der Waals surface area contributed by atoms with Crippen LogP contribution in [0.3, 0.4) is 0 Å². The van der Waals surface area contributed by atoms with Gasteiger partial charge in [0.15, 0.2) is 0 Å². The lowest BCUT2D eigenvalue weighted by molar-refractivity contribution is -0.141. The van der Waals surface area contributed by atoms with Crippen molar-refractivity contribution in [1.82, 2.24) is 10.3 Å². The number of halogens is 5. The number of carbonyl (C=O) groups is 1. The summed E-state index contributed by atoms with van der Waals surface area (Å²) in [5, 5.41) is 2.77. The molecule has 1 aromatic heterocycles. The highest BCUT2D eigenvalue weighted by Crippen LogP contribution is 2.36. The molecule has 3 rings (SSSR count). The zero-order valence-corrected chi connectivity index (χ0v) is 18.5. The predicted octanol–water partition coefficient (Wildman–Crippen LogP) is 6.01. The summed E-state index contributed by atoms with van der Waals surface area (Å²) in [6, 6.07) is 6.30. The molecule has 1 heterocycles. The van der Waals surface area contributed by atoms with Gasteiger partial charge in [-0.25, -0.2) is 4.98 Å². The van der Waals surface area contributed by atoms with Crippen LogP contribution in [0.25, 0.3) is 11.1 Å². The van der Waals surface area contributed by atoms with Gasteiger partial charge in [-0.3, -0.25) is 4.79 Å². The third-order valence-corrected chi connectivity index (χ3v) is 5.19. The Bertz CT molecular complexity index is 874. The zero-order chi connectivity index (χ0) is 23.7. The predicted molar refractivity (Wildman–Crippen MR) is 113 cm³/mol. The van der Waals surface area contributed by atoms with E-state index in [1.54, 1.807) is 19.2 Å². The summed E-state index contributed by atoms with van der Waals surface area (Å²) in [6.45, 7) is 3.50. The number of nitrogens with zero attached hydrogens (tertiary/aromatic N) is 1. The van der Waals surface area contributed by atoms with Crippen LogP contribution in [-0.2, 0) is 15.9 Å². The Labute approximate surface area is 189 Å². The van der Waals surface area contributed by atoms with E-state index in [1.807, 2.05) is 0 Å². The molecule has 10 heteroatoms. The Balaban J connectivity index is 0.000000344. The number of hydrogen-bond acceptors (Lipinski definition) is 4. The summed E-state index contributed by atoms with van der Waals surface area (Å²) in [5.74, 6) is 0.693. The van der Waals surface area contributed by atoms with Crippen molar-refractivity contribution in [2.75, 3.05) is 13.2 Å². The van der Waals surface area contributed by atoms with Gasteiger partial charge in [0.1, 0.15) is 11.6 Å². The number of benzene rings is 1. The van der Waals surface area contributed by atoms with E-state index in [9.17, 15) is 22.5 Å². The van der Waals surface area contributed by atoms with E-state index < -0.39 is 11.7 Å². The Morgan fingerprint density at radius 2 is 1.91 bits per heavy atom. The van der Waals surface area contributed by atoms with E-state index in [4.69, 9.17) is 16.3 Å². The third-order valence-electron chi connectivity index (χ3n) is 4.82. The van der Waals surface area contributed by atoms with Gasteiger partial charge in [0.05, 0.1) is 18.2 Å². The number of pyridine rings is 1. The van der Waals surface area contributed by atoms with Crippen molar-refractivity contribution >= 4 is 17.5 Å². The molecule has 1 amide bonds. The Morgan fingerprint density at radius 3 is 2.41 bits per heavy atom. The molecule has 0 spiro atoms. The molecule has 1 atom stereocenters. The number of aromatic nitrogens is 1. The summed E-state index contributed by atoms with van der Waals surface area (Å²) in [4.78, 5) is 17.6. The molecule has 0 aliphatic heterocycles. The SMILES string of the molecule is CC(=O)NC(C)COF.FC(F)(F)c1ccc(-c2ccnc(OCC3CCC3)c2Cl)cc1. The lowest BCUT2D eigenvalue weighted by Gasteiger charge is -2.25. The summed E-state index contributed by atoms with van der Waals surface area (Å²) >= 11 is 6.31. The van der Waals surface area contributed by atoms with E-state index in [1.165, 1.54) is 25.5 Å². The number of amides is 1. The molecule has 1 fully saturated rings. The first-order valence-electron chi connectivity index (χ1n) is 10.1. The van der Waals surface area contributed by atoms with Gasteiger partial charge in [-0.1, -0.05) is 30.2 Å². The highest BCUT2D eigenvalue weighted by molar-refractivity contribution is 6.34. The average molecular weight is 477 g/mol. The first kappa shape index (κ1) is 25.9. The standard InChI is InChI=1S/C17H15ClF3NO.C5H10FNO2/c18-15-14(12-4-6-13(7-5-12)17(19,20)21)8-9-22-16(15)23-10-11-2-1-3-11;1-4(3-9-6)7-5(2)8/h4-9,11H,1-3,10H2;4H,3H2,1-2H3,(H,7,8). The molecule has 1 saturated carbocycles. The first-order chi connectivity index (χ1) is 15.1. The monoisotopic (exact) mass is 476 g/mol. The van der Waals surface area contributed by atoms with Crippen LogP contribution in [0.1, 0.15) is 38.7 Å². The van der Waals surface area contributed by atoms with E-state index in [0.717, 1.165) is 25.0 Å². The summed E-state index contributed by atoms with van der Waals surface area (Å²) in [5.41, 5.74) is 0.519. The molecule has 0 bridgehead atoms. The number of hydrogen-bond donors (Lipinski definition) is 1. The average Bonchev–Trinajstić information content (AvgIpc) is 2.67. The van der Waals surface area contributed by atoms with Crippen molar-refractivity contribution in [2.45, 2.75) is 45.3 Å². The Morgan fingerprint density at radius 1 is 1.25 bits per heavy atom. The molecule has 32 heavy (non-hydrogen) atoms. The number of rotatable bonds is 7. The molecule has 1 N–H and O–H groups in total. The maximum Gasteiger partial charge on any atom is 0.416 e. The van der Waals surface area contributed by atoms with Crippen LogP contribution in [0, 0.1) is 5.92 Å². The van der Waals surface area contributed by atoms with E-state index >= 15 is 0 Å². The topological polar surface area (TPSA) is 60.5 Å². The number of carbonyl (C=O) groups excluding carboxylic acids is 1. The van der Waals surface area contributed by atoms with Crippen LogP contribution < -0.4 is 10.1 Å². The van der Waals surface area contributed by atoms with E-state index in [2.05, 4.69) is 15.2 Å². The highest BCUT2D eigenvalue weighted by atomic mass is 35.5. The van der Waals surface area contributed by atoms with Gasteiger partial charge in [0, 0.05) is 18.7 Å². The van der Waals surface area contributed by atoms with E-state index in [-0.39, 0.29) is 18.6 Å². The lowest BCUT2D eigenvalue weighted by atomic mass is 9.86. The molecule has 5 nitrogen and oxygen atoms in total. The molecule has 1 aromatic carbocycles. The van der Waals surface area contributed by atoms with Crippen LogP contribution in [0.4, 0.5) is 17.7 Å². The van der Waals surface area contributed by atoms with Crippen LogP contribution in [0.2, 0.25) is 5.02 Å². The van der Waals surface area contributed by atoms with Crippen molar-refractivity contribution < 1.29 is 32.2 Å². The van der Waals surface area contributed by atoms with E-state index in [0.29, 0.717) is 34.6 Å². The highest BCUT2D eigenvalue weighted by Gasteiger charge is 2.30. The lowest BCUT2D eigenvalue weighted by Crippen LogP contribution is -2.33. The van der Waals surface area contributed by atoms with Gasteiger partial charge in [-0.15, -0.1) is 0 Å². The summed E-state index contributed by atoms with van der Waals surface area (Å²) in [7, 11) is 0. The normalized spacial score (nSPS) is 14.6. The minimum atomic E-state index is -4.35. The van der Waals surface area contributed by atoms with Crippen LogP contribution in [0.15, 0.2) is 36.5 Å². The second-order valence-corrected chi connectivity index (χ2v) is 7.92. The maximum atomic E-state index is 12.6. The fourth-order valence-corrected chi connectivity index (χ4v) is 3.20. The maximum absolute atomic E-state index is 12.6. The van der Waals surface area contributed by atoms with Crippen molar-refractivity contribution in [3.8, 4) is 17.0 Å². The second-order valence-electron chi connectivity index (χ2n) is 7.54. The number of nitrogens with one attached hydrogen (secondary N) is 1. The van der Waals surface area contributed by atoms with Crippen LogP contribution >= 0.6 is 11.6 Å². The zero-order valence-electron chi connectivity index (χ0n) is 17.7. The van der Waals surface area contributed by atoms with Gasteiger partial charge in [-0.2, -0.15) is 18.1 Å². The van der Waals surface area contributed by atoms with Crippen molar-refractivity contribution in [2.24, 2.45) is 5.92 Å². The number of ether oxygens (including phenoxy) is 1. The van der Waals surface area contributed by atoms with Gasteiger partial charge in [-0.05, 0) is 54.0 Å². The van der Waals surface area contributed by atoms with Crippen LogP contribution in [0.5, 0.6) is 5.88 Å². The van der Waals surface area contributed by atoms with Crippen molar-refractivity contribution in [3.63, 3.8) is 0 Å². The van der Waals surface area contributed by atoms with Gasteiger partial charge >= 0.3 is 6.18 Å². The summed E-state index contributed by atoms with van der Waals surface area (Å²) in [6.07, 6.45) is 0.722. The van der Waals surface area contributed by atoms with Gasteiger partial charge in [0.25, 0.3) is 0 Å². The first-order valence-corrected chi connectivity index (χ1v) is 10.4. The minimum absolute atomic E-state index is 0.0976. The van der Waals surface area contributed by atoms with Crippen molar-refractivity contribution in [1.29, 1.82) is 0 Å². The molecule has 1 unspecified atom stereocenters. The molecular weight excluding hydrogens is 452 g/mol. The molecule has 176 valence electrons. The van der Waals surface area contributed by atoms with Gasteiger partial charge in [0.2, 0.25) is 11.8 Å². The second kappa shape index (κ2) is 12.0. The number of alkyl halides is 3. The molecular formula is C22H25ClF4N2O3. The fourth-order valence-electron chi connectivity index (χ4n) is 2.93. The molecule has 0 radical (unpaired) electrons. The summed E-state index contributed by atoms with van der Waals surface area (Å²) < 4.78 is 54.6. The van der Waals surface area contributed by atoms with Crippen LogP contribution in [-0.4, -0.2) is 30.1 Å². The van der Waals surface area contributed by atoms with Gasteiger partial charge < -0.3 is 10.1 Å². The molecule has 0 saturated heterocycles. The largest absolute Gasteiger partial charge is 0.476 e.